The molecule has 2 amide bonds. The maximum absolute atomic E-state index is 11.7. The number of thioether (sulfide) groups is 1. The predicted molar refractivity (Wildman–Crippen MR) is 62.9 cm³/mol. The van der Waals surface area contributed by atoms with Crippen molar-refractivity contribution in [3.8, 4) is 0 Å². The van der Waals surface area contributed by atoms with Crippen LogP contribution in [0.4, 0.5) is 0 Å². The standard InChI is InChI=1S/C9H16N4O2S/c10-8(15)6-2-1-3-13(4-6)7(14)5-16-9(11)12/h6H,1-5H2,(H2,10,15)(H3,11,12). The van der Waals surface area contributed by atoms with Crippen LogP contribution >= 0.6 is 11.8 Å². The number of nitrogens with two attached hydrogens (primary N) is 2. The Labute approximate surface area is 98.2 Å². The highest BCUT2D eigenvalue weighted by atomic mass is 32.2. The number of hydrogen-bond donors (Lipinski definition) is 3. The molecule has 0 radical (unpaired) electrons. The van der Waals surface area contributed by atoms with E-state index in [9.17, 15) is 9.59 Å². The van der Waals surface area contributed by atoms with Crippen molar-refractivity contribution in [2.75, 3.05) is 18.8 Å². The lowest BCUT2D eigenvalue weighted by Gasteiger charge is -2.31. The Balaban J connectivity index is 2.43. The number of amides is 2. The van der Waals surface area contributed by atoms with Gasteiger partial charge in [-0.25, -0.2) is 0 Å². The van der Waals surface area contributed by atoms with Gasteiger partial charge in [0.05, 0.1) is 11.7 Å². The molecular formula is C9H16N4O2S. The Hall–Kier alpha value is -1.24. The fourth-order valence-corrected chi connectivity index (χ4v) is 2.13. The van der Waals surface area contributed by atoms with Crippen LogP contribution in [0, 0.1) is 11.3 Å². The third-order valence-corrected chi connectivity index (χ3v) is 3.23. The van der Waals surface area contributed by atoms with Crippen molar-refractivity contribution in [2.24, 2.45) is 17.4 Å². The lowest BCUT2D eigenvalue weighted by molar-refractivity contribution is -0.132. The number of piperidine rings is 1. The largest absolute Gasteiger partial charge is 0.379 e. The fraction of sp³-hybridized carbons (Fsp3) is 0.667. The van der Waals surface area contributed by atoms with Gasteiger partial charge in [0.2, 0.25) is 11.8 Å². The molecule has 0 spiro atoms. The molecule has 0 saturated carbocycles. The van der Waals surface area contributed by atoms with E-state index in [1.807, 2.05) is 0 Å². The van der Waals surface area contributed by atoms with E-state index in [1.54, 1.807) is 4.90 Å². The minimum atomic E-state index is -0.350. The van der Waals surface area contributed by atoms with E-state index in [0.717, 1.165) is 24.6 Å². The van der Waals surface area contributed by atoms with Crippen LogP contribution in [0.3, 0.4) is 0 Å². The molecule has 90 valence electrons. The molecule has 1 rings (SSSR count). The summed E-state index contributed by atoms with van der Waals surface area (Å²) >= 11 is 0.996. The zero-order valence-corrected chi connectivity index (χ0v) is 9.76. The molecule has 16 heavy (non-hydrogen) atoms. The van der Waals surface area contributed by atoms with Gasteiger partial charge in [-0.1, -0.05) is 11.8 Å². The van der Waals surface area contributed by atoms with Crippen molar-refractivity contribution in [3.05, 3.63) is 0 Å². The molecule has 7 heteroatoms. The maximum atomic E-state index is 11.7. The first-order chi connectivity index (χ1) is 7.50. The molecule has 5 N–H and O–H groups in total. The number of hydrogen-bond acceptors (Lipinski definition) is 4. The number of likely N-dealkylation sites (tertiary alicyclic amines) is 1. The van der Waals surface area contributed by atoms with Crippen LogP contribution in [0.2, 0.25) is 0 Å². The third kappa shape index (κ3) is 3.73. The molecule has 0 bridgehead atoms. The van der Waals surface area contributed by atoms with E-state index in [-0.39, 0.29) is 28.7 Å². The van der Waals surface area contributed by atoms with Crippen molar-refractivity contribution in [1.29, 1.82) is 5.41 Å². The highest BCUT2D eigenvalue weighted by molar-refractivity contribution is 8.14. The maximum Gasteiger partial charge on any atom is 0.233 e. The van der Waals surface area contributed by atoms with Crippen molar-refractivity contribution in [1.82, 2.24) is 4.90 Å². The topological polar surface area (TPSA) is 113 Å². The lowest BCUT2D eigenvalue weighted by atomic mass is 9.97. The summed E-state index contributed by atoms with van der Waals surface area (Å²) < 4.78 is 0. The van der Waals surface area contributed by atoms with Crippen molar-refractivity contribution in [3.63, 3.8) is 0 Å². The van der Waals surface area contributed by atoms with Gasteiger partial charge in [-0.3, -0.25) is 15.0 Å². The summed E-state index contributed by atoms with van der Waals surface area (Å²) in [5.74, 6) is -0.524. The monoisotopic (exact) mass is 244 g/mol. The average Bonchev–Trinajstić information content (AvgIpc) is 2.26. The summed E-state index contributed by atoms with van der Waals surface area (Å²) in [7, 11) is 0. The molecule has 1 aliphatic rings. The van der Waals surface area contributed by atoms with E-state index in [4.69, 9.17) is 16.9 Å². The third-order valence-electron chi connectivity index (χ3n) is 2.53. The second-order valence-corrected chi connectivity index (χ2v) is 4.75. The number of carbonyl (C=O) groups is 2. The van der Waals surface area contributed by atoms with Gasteiger partial charge in [-0.2, -0.15) is 0 Å². The number of primary amides is 1. The van der Waals surface area contributed by atoms with Crippen LogP contribution in [-0.2, 0) is 9.59 Å². The zero-order chi connectivity index (χ0) is 12.1. The van der Waals surface area contributed by atoms with E-state index in [0.29, 0.717) is 13.1 Å². The zero-order valence-electron chi connectivity index (χ0n) is 8.94. The average molecular weight is 244 g/mol. The highest BCUT2D eigenvalue weighted by Crippen LogP contribution is 2.17. The van der Waals surface area contributed by atoms with Crippen LogP contribution in [0.5, 0.6) is 0 Å². The minimum Gasteiger partial charge on any atom is -0.379 e. The molecule has 0 aromatic heterocycles. The Morgan fingerprint density at radius 1 is 1.44 bits per heavy atom. The van der Waals surface area contributed by atoms with Crippen LogP contribution in [0.1, 0.15) is 12.8 Å². The van der Waals surface area contributed by atoms with Gasteiger partial charge >= 0.3 is 0 Å². The van der Waals surface area contributed by atoms with Crippen molar-refractivity contribution < 1.29 is 9.59 Å². The normalized spacial score (nSPS) is 20.5. The molecule has 1 unspecified atom stereocenters. The Morgan fingerprint density at radius 3 is 2.69 bits per heavy atom. The molecule has 0 aliphatic carbocycles. The number of nitrogens with one attached hydrogen (secondary N) is 1. The second kappa shape index (κ2) is 5.74. The predicted octanol–water partition coefficient (Wildman–Crippen LogP) is -0.663. The van der Waals surface area contributed by atoms with Gasteiger partial charge in [0, 0.05) is 13.1 Å². The quantitative estimate of drug-likeness (QED) is 0.451. The molecule has 0 aromatic rings. The van der Waals surface area contributed by atoms with Gasteiger partial charge in [0.15, 0.2) is 5.17 Å². The fourth-order valence-electron chi connectivity index (χ4n) is 1.67. The molecule has 1 aliphatic heterocycles. The van der Waals surface area contributed by atoms with Gasteiger partial charge in [-0.15, -0.1) is 0 Å². The van der Waals surface area contributed by atoms with Crippen LogP contribution in [0.15, 0.2) is 0 Å². The molecule has 1 atom stereocenters. The number of rotatable bonds is 3. The Morgan fingerprint density at radius 2 is 2.12 bits per heavy atom. The molecule has 1 heterocycles. The molecule has 6 nitrogen and oxygen atoms in total. The number of nitrogens with zero attached hydrogens (tertiary/aromatic N) is 1. The Kier molecular flexibility index (Phi) is 4.60. The summed E-state index contributed by atoms with van der Waals surface area (Å²) in [6.07, 6.45) is 1.54. The molecule has 1 saturated heterocycles. The first-order valence-corrected chi connectivity index (χ1v) is 6.03. The number of carbonyl (C=O) groups excluding carboxylic acids is 2. The van der Waals surface area contributed by atoms with E-state index in [2.05, 4.69) is 0 Å². The Bertz CT molecular complexity index is 308. The molecular weight excluding hydrogens is 228 g/mol. The van der Waals surface area contributed by atoms with Crippen LogP contribution in [0.25, 0.3) is 0 Å². The van der Waals surface area contributed by atoms with E-state index < -0.39 is 0 Å². The second-order valence-electron chi connectivity index (χ2n) is 3.73. The summed E-state index contributed by atoms with van der Waals surface area (Å²) in [4.78, 5) is 24.3. The highest BCUT2D eigenvalue weighted by Gasteiger charge is 2.26. The first kappa shape index (κ1) is 12.8. The summed E-state index contributed by atoms with van der Waals surface area (Å²) in [6.45, 7) is 1.05. The van der Waals surface area contributed by atoms with Crippen LogP contribution in [-0.4, -0.2) is 40.7 Å². The first-order valence-electron chi connectivity index (χ1n) is 5.04. The van der Waals surface area contributed by atoms with Gasteiger partial charge < -0.3 is 16.4 Å². The minimum absolute atomic E-state index is 0.0724. The van der Waals surface area contributed by atoms with Crippen LogP contribution < -0.4 is 11.5 Å². The van der Waals surface area contributed by atoms with Gasteiger partial charge in [0.1, 0.15) is 0 Å². The summed E-state index contributed by atoms with van der Waals surface area (Å²) in [6, 6.07) is 0. The van der Waals surface area contributed by atoms with Crippen molar-refractivity contribution >= 4 is 28.7 Å². The van der Waals surface area contributed by atoms with E-state index in [1.165, 1.54) is 0 Å². The summed E-state index contributed by atoms with van der Waals surface area (Å²) in [5, 5.41) is 6.93. The SMILES string of the molecule is N=C(N)SCC(=O)N1CCCC(C(N)=O)C1. The molecule has 1 fully saturated rings. The van der Waals surface area contributed by atoms with E-state index >= 15 is 0 Å². The number of amidine groups is 1. The molecule has 0 aromatic carbocycles. The lowest BCUT2D eigenvalue weighted by Crippen LogP contribution is -2.44. The van der Waals surface area contributed by atoms with Gasteiger partial charge in [-0.05, 0) is 12.8 Å². The van der Waals surface area contributed by atoms with Gasteiger partial charge in [0.25, 0.3) is 0 Å². The van der Waals surface area contributed by atoms with Crippen molar-refractivity contribution in [2.45, 2.75) is 12.8 Å². The smallest absolute Gasteiger partial charge is 0.233 e. The summed E-state index contributed by atoms with van der Waals surface area (Å²) in [5.41, 5.74) is 10.4.